The van der Waals surface area contributed by atoms with Gasteiger partial charge in [-0.3, -0.25) is 4.79 Å². The lowest BCUT2D eigenvalue weighted by Crippen LogP contribution is -2.30. The number of nitrogens with zero attached hydrogens (tertiary/aromatic N) is 1. The summed E-state index contributed by atoms with van der Waals surface area (Å²) in [6, 6.07) is 0. The third kappa shape index (κ3) is 3.90. The van der Waals surface area contributed by atoms with Crippen LogP contribution in [0.4, 0.5) is 4.79 Å². The van der Waals surface area contributed by atoms with Gasteiger partial charge in [-0.1, -0.05) is 25.5 Å². The highest BCUT2D eigenvalue weighted by Gasteiger charge is 2.29. The first-order valence-corrected chi connectivity index (χ1v) is 7.93. The van der Waals surface area contributed by atoms with Gasteiger partial charge >= 0.3 is 6.09 Å². The van der Waals surface area contributed by atoms with Crippen molar-refractivity contribution in [1.29, 1.82) is 0 Å². The molecule has 1 aliphatic carbocycles. The molecule has 0 spiro atoms. The molecule has 0 radical (unpaired) electrons. The molecule has 0 saturated carbocycles. The number of likely N-dealkylation sites (tertiary alicyclic amines) is 1. The van der Waals surface area contributed by atoms with Crippen LogP contribution in [0.1, 0.15) is 46.5 Å². The van der Waals surface area contributed by atoms with E-state index in [1.165, 1.54) is 17.6 Å². The standard InChI is InChI=1S/C17H26N2O3/c1-12-5-4-9-17(2,3)14(12)6-7-15(20)19-10-8-13(11-19)22-16(18)21/h6-7,13H,4-5,8-11H2,1-3H3,(H2,18,21)/t13-/m1/s1. The zero-order valence-corrected chi connectivity index (χ0v) is 13.7. The normalized spacial score (nSPS) is 24.9. The van der Waals surface area contributed by atoms with Crippen LogP contribution in [0.2, 0.25) is 0 Å². The predicted octanol–water partition coefficient (Wildman–Crippen LogP) is 2.77. The third-order valence-electron chi connectivity index (χ3n) is 4.67. The molecule has 0 aromatic heterocycles. The highest BCUT2D eigenvalue weighted by Crippen LogP contribution is 2.40. The van der Waals surface area contributed by atoms with Crippen LogP contribution in [0.5, 0.6) is 0 Å². The summed E-state index contributed by atoms with van der Waals surface area (Å²) in [4.78, 5) is 24.7. The van der Waals surface area contributed by atoms with Crippen molar-refractivity contribution in [3.8, 4) is 0 Å². The van der Waals surface area contributed by atoms with Crippen molar-refractivity contribution in [2.24, 2.45) is 11.1 Å². The summed E-state index contributed by atoms with van der Waals surface area (Å²) in [5.41, 5.74) is 7.78. The third-order valence-corrected chi connectivity index (χ3v) is 4.67. The van der Waals surface area contributed by atoms with Gasteiger partial charge in [-0.2, -0.15) is 0 Å². The molecule has 1 atom stereocenters. The molecule has 5 heteroatoms. The van der Waals surface area contributed by atoms with Gasteiger partial charge in [0.1, 0.15) is 6.10 Å². The molecule has 0 aromatic carbocycles. The van der Waals surface area contributed by atoms with Crippen molar-refractivity contribution < 1.29 is 14.3 Å². The fraction of sp³-hybridized carbons (Fsp3) is 0.647. The Balaban J connectivity index is 1.99. The van der Waals surface area contributed by atoms with Crippen LogP contribution in [-0.4, -0.2) is 36.1 Å². The molecule has 122 valence electrons. The van der Waals surface area contributed by atoms with E-state index in [1.54, 1.807) is 11.0 Å². The molecular formula is C17H26N2O3. The van der Waals surface area contributed by atoms with Gasteiger partial charge in [0, 0.05) is 19.0 Å². The molecule has 0 aromatic rings. The van der Waals surface area contributed by atoms with Gasteiger partial charge < -0.3 is 15.4 Å². The Morgan fingerprint density at radius 2 is 2.14 bits per heavy atom. The largest absolute Gasteiger partial charge is 0.444 e. The fourth-order valence-electron chi connectivity index (χ4n) is 3.46. The fourth-order valence-corrected chi connectivity index (χ4v) is 3.46. The summed E-state index contributed by atoms with van der Waals surface area (Å²) in [7, 11) is 0. The first-order chi connectivity index (χ1) is 10.3. The lowest BCUT2D eigenvalue weighted by Gasteiger charge is -2.32. The Kier molecular flexibility index (Phi) is 4.94. The van der Waals surface area contributed by atoms with Crippen LogP contribution < -0.4 is 5.73 Å². The van der Waals surface area contributed by atoms with Crippen molar-refractivity contribution in [1.82, 2.24) is 4.90 Å². The Labute approximate surface area is 132 Å². The number of rotatable bonds is 3. The van der Waals surface area contributed by atoms with Gasteiger partial charge in [0.2, 0.25) is 5.91 Å². The molecular weight excluding hydrogens is 280 g/mol. The van der Waals surface area contributed by atoms with E-state index >= 15 is 0 Å². The van der Waals surface area contributed by atoms with Gasteiger partial charge in [0.15, 0.2) is 0 Å². The minimum absolute atomic E-state index is 0.0303. The molecule has 2 N–H and O–H groups in total. The van der Waals surface area contributed by atoms with Crippen LogP contribution in [0.15, 0.2) is 23.3 Å². The molecule has 0 bridgehead atoms. The van der Waals surface area contributed by atoms with Crippen molar-refractivity contribution in [3.05, 3.63) is 23.3 Å². The van der Waals surface area contributed by atoms with Crippen LogP contribution in [-0.2, 0) is 9.53 Å². The average Bonchev–Trinajstić information content (AvgIpc) is 2.84. The number of ether oxygens (including phenoxy) is 1. The SMILES string of the molecule is CC1=C(C=CC(=O)N2CC[C@@H](OC(N)=O)C2)C(C)(C)CCC1. The zero-order chi connectivity index (χ0) is 16.3. The summed E-state index contributed by atoms with van der Waals surface area (Å²) < 4.78 is 4.95. The van der Waals surface area contributed by atoms with E-state index in [1.807, 2.05) is 6.08 Å². The second-order valence-corrected chi connectivity index (χ2v) is 6.90. The summed E-state index contributed by atoms with van der Waals surface area (Å²) in [6.07, 6.45) is 6.68. The lowest BCUT2D eigenvalue weighted by molar-refractivity contribution is -0.125. The summed E-state index contributed by atoms with van der Waals surface area (Å²) >= 11 is 0. The molecule has 0 unspecified atom stereocenters. The molecule has 5 nitrogen and oxygen atoms in total. The Morgan fingerprint density at radius 1 is 1.41 bits per heavy atom. The van der Waals surface area contributed by atoms with Crippen molar-refractivity contribution in [3.63, 3.8) is 0 Å². The van der Waals surface area contributed by atoms with Crippen LogP contribution >= 0.6 is 0 Å². The van der Waals surface area contributed by atoms with Gasteiger partial charge in [0.25, 0.3) is 0 Å². The van der Waals surface area contributed by atoms with Crippen LogP contribution in [0.3, 0.4) is 0 Å². The van der Waals surface area contributed by atoms with Crippen molar-refractivity contribution in [2.45, 2.75) is 52.6 Å². The van der Waals surface area contributed by atoms with Gasteiger partial charge in [-0.05, 0) is 37.2 Å². The predicted molar refractivity (Wildman–Crippen MR) is 85.1 cm³/mol. The van der Waals surface area contributed by atoms with Gasteiger partial charge in [0.05, 0.1) is 6.54 Å². The quantitative estimate of drug-likeness (QED) is 0.815. The Bertz CT molecular complexity index is 520. The minimum Gasteiger partial charge on any atom is -0.444 e. The van der Waals surface area contributed by atoms with E-state index in [-0.39, 0.29) is 17.4 Å². The number of hydrogen-bond donors (Lipinski definition) is 1. The maximum Gasteiger partial charge on any atom is 0.404 e. The molecule has 22 heavy (non-hydrogen) atoms. The molecule has 2 aliphatic rings. The number of hydrogen-bond acceptors (Lipinski definition) is 3. The van der Waals surface area contributed by atoms with Crippen molar-refractivity contribution >= 4 is 12.0 Å². The van der Waals surface area contributed by atoms with E-state index in [2.05, 4.69) is 20.8 Å². The van der Waals surface area contributed by atoms with Gasteiger partial charge in [-0.25, -0.2) is 4.79 Å². The van der Waals surface area contributed by atoms with Gasteiger partial charge in [-0.15, -0.1) is 0 Å². The highest BCUT2D eigenvalue weighted by molar-refractivity contribution is 5.88. The van der Waals surface area contributed by atoms with E-state index in [9.17, 15) is 9.59 Å². The number of nitrogens with two attached hydrogens (primary N) is 1. The first-order valence-electron chi connectivity index (χ1n) is 7.93. The van der Waals surface area contributed by atoms with E-state index in [4.69, 9.17) is 10.5 Å². The number of amides is 2. The maximum absolute atomic E-state index is 12.3. The number of carbonyl (C=O) groups excluding carboxylic acids is 2. The molecule has 1 aliphatic heterocycles. The number of carbonyl (C=O) groups is 2. The summed E-state index contributed by atoms with van der Waals surface area (Å²) in [5.74, 6) is -0.0303. The topological polar surface area (TPSA) is 72.6 Å². The Morgan fingerprint density at radius 3 is 2.77 bits per heavy atom. The minimum atomic E-state index is -0.778. The smallest absolute Gasteiger partial charge is 0.404 e. The van der Waals surface area contributed by atoms with Crippen LogP contribution in [0, 0.1) is 5.41 Å². The van der Waals surface area contributed by atoms with E-state index < -0.39 is 6.09 Å². The molecule has 1 heterocycles. The first kappa shape index (κ1) is 16.6. The van der Waals surface area contributed by atoms with E-state index in [0.29, 0.717) is 19.5 Å². The lowest BCUT2D eigenvalue weighted by atomic mass is 9.72. The molecule has 1 saturated heterocycles. The van der Waals surface area contributed by atoms with Crippen LogP contribution in [0.25, 0.3) is 0 Å². The summed E-state index contributed by atoms with van der Waals surface area (Å²) in [6.45, 7) is 7.63. The van der Waals surface area contributed by atoms with Crippen molar-refractivity contribution in [2.75, 3.05) is 13.1 Å². The maximum atomic E-state index is 12.3. The Hall–Kier alpha value is -1.78. The average molecular weight is 306 g/mol. The summed E-state index contributed by atoms with van der Waals surface area (Å²) in [5, 5.41) is 0. The number of allylic oxidation sites excluding steroid dienone is 3. The zero-order valence-electron chi connectivity index (χ0n) is 13.7. The second kappa shape index (κ2) is 6.55. The molecule has 1 fully saturated rings. The number of primary amides is 1. The molecule has 2 rings (SSSR count). The van der Waals surface area contributed by atoms with E-state index in [0.717, 1.165) is 12.8 Å². The second-order valence-electron chi connectivity index (χ2n) is 6.90. The molecule has 2 amide bonds. The monoisotopic (exact) mass is 306 g/mol. The highest BCUT2D eigenvalue weighted by atomic mass is 16.6.